The minimum absolute atomic E-state index is 0.0710. The topological polar surface area (TPSA) is 50.8 Å². The van der Waals surface area contributed by atoms with E-state index in [4.69, 9.17) is 32.7 Å². The lowest BCUT2D eigenvalue weighted by atomic mass is 10.2. The van der Waals surface area contributed by atoms with Gasteiger partial charge in [-0.05, 0) is 36.4 Å². The molecule has 0 saturated carbocycles. The van der Waals surface area contributed by atoms with E-state index < -0.39 is 0 Å². The van der Waals surface area contributed by atoms with Crippen LogP contribution >= 0.6 is 23.2 Å². The molecule has 1 aliphatic rings. The minimum atomic E-state index is -0.0710. The molecule has 1 aliphatic heterocycles. The molecule has 1 amide bonds. The second-order valence-electron chi connectivity index (χ2n) is 5.85. The first-order chi connectivity index (χ1) is 12.0. The molecule has 0 spiro atoms. The van der Waals surface area contributed by atoms with E-state index in [1.165, 1.54) is 0 Å². The summed E-state index contributed by atoms with van der Waals surface area (Å²) in [5.41, 5.74) is 1.85. The normalized spacial score (nSPS) is 12.5. The van der Waals surface area contributed by atoms with Crippen molar-refractivity contribution in [2.24, 2.45) is 0 Å². The van der Waals surface area contributed by atoms with Crippen molar-refractivity contribution in [3.63, 3.8) is 0 Å². The first-order valence-corrected chi connectivity index (χ1v) is 8.55. The Labute approximate surface area is 156 Å². The highest BCUT2D eigenvalue weighted by atomic mass is 35.5. The Morgan fingerprint density at radius 2 is 2.00 bits per heavy atom. The Kier molecular flexibility index (Phi) is 5.68. The van der Waals surface area contributed by atoms with Gasteiger partial charge in [-0.3, -0.25) is 9.69 Å². The Bertz CT molecular complexity index is 783. The van der Waals surface area contributed by atoms with Crippen LogP contribution in [0, 0.1) is 0 Å². The molecule has 132 valence electrons. The van der Waals surface area contributed by atoms with E-state index in [2.05, 4.69) is 5.32 Å². The van der Waals surface area contributed by atoms with Crippen molar-refractivity contribution >= 4 is 29.1 Å². The third-order valence-electron chi connectivity index (χ3n) is 3.81. The molecule has 0 bridgehead atoms. The molecule has 0 saturated heterocycles. The van der Waals surface area contributed by atoms with Gasteiger partial charge in [-0.25, -0.2) is 0 Å². The number of carbonyl (C=O) groups is 1. The van der Waals surface area contributed by atoms with Crippen LogP contribution in [0.4, 0.5) is 0 Å². The lowest BCUT2D eigenvalue weighted by Crippen LogP contribution is -2.34. The molecule has 1 N–H and O–H groups in total. The molecule has 0 aromatic heterocycles. The number of carbonyl (C=O) groups excluding carboxylic acids is 1. The van der Waals surface area contributed by atoms with Crippen LogP contribution in [0.2, 0.25) is 10.0 Å². The Balaban J connectivity index is 1.49. The van der Waals surface area contributed by atoms with Gasteiger partial charge in [-0.1, -0.05) is 41.4 Å². The second kappa shape index (κ2) is 7.95. The van der Waals surface area contributed by atoms with E-state index in [1.54, 1.807) is 6.07 Å². The molecule has 0 atom stereocenters. The Hall–Kier alpha value is -1.95. The third kappa shape index (κ3) is 4.57. The summed E-state index contributed by atoms with van der Waals surface area (Å²) in [6.07, 6.45) is 0. The van der Waals surface area contributed by atoms with Crippen LogP contribution in [0.3, 0.4) is 0 Å². The summed E-state index contributed by atoms with van der Waals surface area (Å²) in [7, 11) is 1.86. The Morgan fingerprint density at radius 3 is 2.84 bits per heavy atom. The third-order valence-corrected chi connectivity index (χ3v) is 4.67. The van der Waals surface area contributed by atoms with Crippen molar-refractivity contribution in [3.05, 3.63) is 57.6 Å². The first-order valence-electron chi connectivity index (χ1n) is 7.79. The zero-order valence-electron chi connectivity index (χ0n) is 13.7. The summed E-state index contributed by atoms with van der Waals surface area (Å²) < 4.78 is 10.6. The summed E-state index contributed by atoms with van der Waals surface area (Å²) in [4.78, 5) is 14.0. The molecule has 0 radical (unpaired) electrons. The van der Waals surface area contributed by atoms with Gasteiger partial charge in [-0.15, -0.1) is 0 Å². The van der Waals surface area contributed by atoms with Crippen LogP contribution in [0.1, 0.15) is 11.1 Å². The lowest BCUT2D eigenvalue weighted by Gasteiger charge is -2.17. The zero-order valence-corrected chi connectivity index (χ0v) is 15.2. The predicted molar refractivity (Wildman–Crippen MR) is 97.2 cm³/mol. The van der Waals surface area contributed by atoms with Crippen LogP contribution in [-0.4, -0.2) is 31.2 Å². The predicted octanol–water partition coefficient (Wildman–Crippen LogP) is 3.47. The number of fused-ring (bicyclic) bond motifs is 1. The highest BCUT2D eigenvalue weighted by molar-refractivity contribution is 6.42. The Morgan fingerprint density at radius 1 is 1.20 bits per heavy atom. The van der Waals surface area contributed by atoms with E-state index >= 15 is 0 Å². The summed E-state index contributed by atoms with van der Waals surface area (Å²) in [6.45, 7) is 1.47. The number of hydrogen-bond donors (Lipinski definition) is 1. The van der Waals surface area contributed by atoms with Gasteiger partial charge in [0.2, 0.25) is 12.7 Å². The molecule has 25 heavy (non-hydrogen) atoms. The SMILES string of the molecule is CN(CC(=O)NCc1ccc2c(c1)OCO2)Cc1cccc(Cl)c1Cl. The summed E-state index contributed by atoms with van der Waals surface area (Å²) in [6, 6.07) is 11.1. The van der Waals surface area contributed by atoms with Crippen molar-refractivity contribution in [2.45, 2.75) is 13.1 Å². The molecule has 5 nitrogen and oxygen atoms in total. The van der Waals surface area contributed by atoms with Crippen LogP contribution < -0.4 is 14.8 Å². The lowest BCUT2D eigenvalue weighted by molar-refractivity contribution is -0.122. The smallest absolute Gasteiger partial charge is 0.234 e. The van der Waals surface area contributed by atoms with Crippen LogP contribution in [0.15, 0.2) is 36.4 Å². The number of likely N-dealkylation sites (N-methyl/N-ethyl adjacent to an activating group) is 1. The summed E-state index contributed by atoms with van der Waals surface area (Å²) in [5.74, 6) is 1.37. The van der Waals surface area contributed by atoms with Gasteiger partial charge < -0.3 is 14.8 Å². The number of rotatable bonds is 6. The van der Waals surface area contributed by atoms with Crippen molar-refractivity contribution in [1.82, 2.24) is 10.2 Å². The molecule has 2 aromatic rings. The molecular weight excluding hydrogens is 363 g/mol. The van der Waals surface area contributed by atoms with E-state index in [9.17, 15) is 4.79 Å². The van der Waals surface area contributed by atoms with Crippen molar-refractivity contribution < 1.29 is 14.3 Å². The molecule has 0 fully saturated rings. The maximum Gasteiger partial charge on any atom is 0.234 e. The van der Waals surface area contributed by atoms with Crippen LogP contribution in [0.5, 0.6) is 11.5 Å². The fourth-order valence-electron chi connectivity index (χ4n) is 2.57. The van der Waals surface area contributed by atoms with Gasteiger partial charge in [0.15, 0.2) is 11.5 Å². The molecule has 3 rings (SSSR count). The number of nitrogens with zero attached hydrogens (tertiary/aromatic N) is 1. The van der Waals surface area contributed by atoms with Crippen LogP contribution in [-0.2, 0) is 17.9 Å². The fraction of sp³-hybridized carbons (Fsp3) is 0.278. The first kappa shape index (κ1) is 17.9. The van der Waals surface area contributed by atoms with Gasteiger partial charge in [0.05, 0.1) is 16.6 Å². The number of ether oxygens (including phenoxy) is 2. The maximum absolute atomic E-state index is 12.1. The van der Waals surface area contributed by atoms with E-state index in [-0.39, 0.29) is 19.2 Å². The van der Waals surface area contributed by atoms with Crippen molar-refractivity contribution in [1.29, 1.82) is 0 Å². The van der Waals surface area contributed by atoms with Crippen LogP contribution in [0.25, 0.3) is 0 Å². The van der Waals surface area contributed by atoms with Crippen molar-refractivity contribution in [3.8, 4) is 11.5 Å². The highest BCUT2D eigenvalue weighted by Crippen LogP contribution is 2.32. The largest absolute Gasteiger partial charge is 0.454 e. The molecule has 0 unspecified atom stereocenters. The molecule has 1 heterocycles. The highest BCUT2D eigenvalue weighted by Gasteiger charge is 2.14. The van der Waals surface area contributed by atoms with Gasteiger partial charge in [0.25, 0.3) is 0 Å². The number of benzene rings is 2. The number of halogens is 2. The fourth-order valence-corrected chi connectivity index (χ4v) is 2.95. The standard InChI is InChI=1S/C18H18Cl2N2O3/c1-22(9-13-3-2-4-14(19)18(13)20)10-17(23)21-8-12-5-6-15-16(7-12)25-11-24-15/h2-7H,8-11H2,1H3,(H,21,23). The maximum atomic E-state index is 12.1. The van der Waals surface area contributed by atoms with E-state index in [0.29, 0.717) is 28.9 Å². The average Bonchev–Trinajstić information content (AvgIpc) is 3.05. The quantitative estimate of drug-likeness (QED) is 0.833. The summed E-state index contributed by atoms with van der Waals surface area (Å²) in [5, 5.41) is 3.94. The van der Waals surface area contributed by atoms with Gasteiger partial charge in [-0.2, -0.15) is 0 Å². The average molecular weight is 381 g/mol. The van der Waals surface area contributed by atoms with Crippen molar-refractivity contribution in [2.75, 3.05) is 20.4 Å². The molecule has 0 aliphatic carbocycles. The second-order valence-corrected chi connectivity index (χ2v) is 6.63. The zero-order chi connectivity index (χ0) is 17.8. The molecule has 7 heteroatoms. The van der Waals surface area contributed by atoms with E-state index in [1.807, 2.05) is 42.3 Å². The monoisotopic (exact) mass is 380 g/mol. The number of amides is 1. The van der Waals surface area contributed by atoms with E-state index in [0.717, 1.165) is 16.9 Å². The van der Waals surface area contributed by atoms with Gasteiger partial charge in [0, 0.05) is 13.1 Å². The minimum Gasteiger partial charge on any atom is -0.454 e. The molecule has 2 aromatic carbocycles. The molecular formula is C18H18Cl2N2O3. The number of nitrogens with one attached hydrogen (secondary N) is 1. The van der Waals surface area contributed by atoms with Gasteiger partial charge >= 0.3 is 0 Å². The number of hydrogen-bond acceptors (Lipinski definition) is 4. The van der Waals surface area contributed by atoms with Gasteiger partial charge in [0.1, 0.15) is 0 Å². The summed E-state index contributed by atoms with van der Waals surface area (Å²) >= 11 is 12.2.